The molecule has 2 aliphatic rings. The van der Waals surface area contributed by atoms with Gasteiger partial charge in [0.25, 0.3) is 0 Å². The summed E-state index contributed by atoms with van der Waals surface area (Å²) in [6, 6.07) is 4.76. The van der Waals surface area contributed by atoms with Crippen LogP contribution in [0.3, 0.4) is 0 Å². The predicted octanol–water partition coefficient (Wildman–Crippen LogP) is 1.87. The third-order valence-corrected chi connectivity index (χ3v) is 4.59. The molecule has 0 radical (unpaired) electrons. The van der Waals surface area contributed by atoms with Gasteiger partial charge in [-0.2, -0.15) is 0 Å². The average molecular weight is 390 g/mol. The Kier molecular flexibility index (Phi) is 4.55. The second kappa shape index (κ2) is 7.04. The zero-order chi connectivity index (χ0) is 19.8. The van der Waals surface area contributed by atoms with Crippen molar-refractivity contribution in [3.63, 3.8) is 0 Å². The molecule has 1 aromatic heterocycles. The molecule has 1 aromatic carbocycles. The van der Waals surface area contributed by atoms with Crippen molar-refractivity contribution in [1.29, 1.82) is 0 Å². The number of aromatic nitrogens is 1. The molecule has 1 atom stereocenters. The van der Waals surface area contributed by atoms with E-state index >= 15 is 0 Å². The highest BCUT2D eigenvalue weighted by atomic mass is 19.1. The molecular weight excluding hydrogens is 374 g/mol. The highest BCUT2D eigenvalue weighted by Crippen LogP contribution is 2.32. The Morgan fingerprint density at radius 2 is 1.96 bits per heavy atom. The summed E-state index contributed by atoms with van der Waals surface area (Å²) >= 11 is 0. The van der Waals surface area contributed by atoms with Crippen molar-refractivity contribution in [2.75, 3.05) is 36.0 Å². The third kappa shape index (κ3) is 3.11. The maximum absolute atomic E-state index is 14.6. The number of rotatable bonds is 4. The Balaban J connectivity index is 1.62. The molecule has 2 saturated heterocycles. The Labute approximate surface area is 158 Å². The second-order valence-corrected chi connectivity index (χ2v) is 6.37. The van der Waals surface area contributed by atoms with Gasteiger partial charge in [-0.25, -0.2) is 23.4 Å². The van der Waals surface area contributed by atoms with E-state index in [1.807, 2.05) is 0 Å². The molecule has 2 aliphatic heterocycles. The molecule has 28 heavy (non-hydrogen) atoms. The minimum absolute atomic E-state index is 0.00170. The van der Waals surface area contributed by atoms with E-state index < -0.39 is 23.8 Å². The molecule has 2 aromatic rings. The highest BCUT2D eigenvalue weighted by Gasteiger charge is 2.33. The minimum atomic E-state index is -0.872. The third-order valence-electron chi connectivity index (χ3n) is 4.59. The topological polar surface area (TPSA) is 95.0 Å². The first-order chi connectivity index (χ1) is 13.5. The lowest BCUT2D eigenvalue weighted by Gasteiger charge is -2.16. The molecule has 3 heterocycles. The smallest absolute Gasteiger partial charge is 0.414 e. The zero-order valence-corrected chi connectivity index (χ0v) is 14.6. The summed E-state index contributed by atoms with van der Waals surface area (Å²) in [6.45, 7) is 0.590. The summed E-state index contributed by atoms with van der Waals surface area (Å²) < 4.78 is 34.2. The van der Waals surface area contributed by atoms with E-state index in [2.05, 4.69) is 10.3 Å². The molecule has 146 valence electrons. The van der Waals surface area contributed by atoms with Gasteiger partial charge in [-0.1, -0.05) is 0 Å². The van der Waals surface area contributed by atoms with Crippen LogP contribution in [0.15, 0.2) is 30.5 Å². The number of aliphatic hydroxyl groups excluding tert-OH is 1. The molecule has 8 nitrogen and oxygen atoms in total. The van der Waals surface area contributed by atoms with Crippen molar-refractivity contribution in [2.45, 2.75) is 6.10 Å². The number of amides is 3. The van der Waals surface area contributed by atoms with Gasteiger partial charge in [-0.05, 0) is 24.3 Å². The van der Waals surface area contributed by atoms with Crippen molar-refractivity contribution >= 4 is 23.6 Å². The van der Waals surface area contributed by atoms with Gasteiger partial charge >= 0.3 is 12.1 Å². The van der Waals surface area contributed by atoms with Crippen LogP contribution < -0.4 is 15.1 Å². The Bertz CT molecular complexity index is 915. The average Bonchev–Trinajstić information content (AvgIpc) is 3.27. The summed E-state index contributed by atoms with van der Waals surface area (Å²) in [5.74, 6) is -1.36. The molecule has 2 fully saturated rings. The number of halogens is 2. The number of nitrogens with zero attached hydrogens (tertiary/aromatic N) is 3. The van der Waals surface area contributed by atoms with Crippen molar-refractivity contribution in [3.05, 3.63) is 42.1 Å². The Morgan fingerprint density at radius 1 is 1.21 bits per heavy atom. The van der Waals surface area contributed by atoms with Crippen LogP contribution >= 0.6 is 0 Å². The number of aliphatic hydroxyl groups is 1. The molecule has 0 spiro atoms. The fourth-order valence-electron chi connectivity index (χ4n) is 3.20. The molecule has 1 unspecified atom stereocenters. The normalized spacial score (nSPS) is 19.2. The maximum Gasteiger partial charge on any atom is 0.414 e. The fourth-order valence-corrected chi connectivity index (χ4v) is 3.20. The number of pyridine rings is 1. The number of carbonyl (C=O) groups excluding carboxylic acids is 2. The van der Waals surface area contributed by atoms with Crippen LogP contribution in [0.5, 0.6) is 0 Å². The zero-order valence-electron chi connectivity index (χ0n) is 14.6. The second-order valence-electron chi connectivity index (χ2n) is 6.37. The number of anilines is 2. The van der Waals surface area contributed by atoms with Gasteiger partial charge in [0.1, 0.15) is 23.6 Å². The summed E-state index contributed by atoms with van der Waals surface area (Å²) in [6.07, 6.45) is -0.230. The largest absolute Gasteiger partial charge is 0.441 e. The number of cyclic esters (lactones) is 1. The molecule has 0 aliphatic carbocycles. The first kappa shape index (κ1) is 18.1. The van der Waals surface area contributed by atoms with E-state index in [0.717, 1.165) is 17.0 Å². The lowest BCUT2D eigenvalue weighted by molar-refractivity contribution is 0.0963. The first-order valence-electron chi connectivity index (χ1n) is 8.58. The van der Waals surface area contributed by atoms with Crippen LogP contribution in [0.1, 0.15) is 0 Å². The van der Waals surface area contributed by atoms with Gasteiger partial charge in [0.15, 0.2) is 0 Å². The number of nitrogens with one attached hydrogen (secondary N) is 1. The Hall–Kier alpha value is -3.27. The van der Waals surface area contributed by atoms with E-state index in [1.165, 1.54) is 23.2 Å². The van der Waals surface area contributed by atoms with Crippen LogP contribution in [-0.4, -0.2) is 54.6 Å². The molecule has 0 bridgehead atoms. The van der Waals surface area contributed by atoms with E-state index in [4.69, 9.17) is 9.84 Å². The number of benzene rings is 1. The number of ether oxygens (including phenoxy) is 1. The minimum Gasteiger partial charge on any atom is -0.441 e. The van der Waals surface area contributed by atoms with Crippen LogP contribution in [0.4, 0.5) is 29.9 Å². The molecular formula is C18H16F2N4O4. The van der Waals surface area contributed by atoms with Crippen molar-refractivity contribution in [2.24, 2.45) is 0 Å². The number of urea groups is 1. The SMILES string of the molecule is O=C1OC(CO)CN1c1cc(F)c(-c2ccc(N3CCNC3=O)nc2)c(F)c1. The first-order valence-corrected chi connectivity index (χ1v) is 8.58. The monoisotopic (exact) mass is 390 g/mol. The molecule has 0 saturated carbocycles. The highest BCUT2D eigenvalue weighted by molar-refractivity contribution is 5.93. The lowest BCUT2D eigenvalue weighted by atomic mass is 10.1. The van der Waals surface area contributed by atoms with Gasteiger partial charge in [0.05, 0.1) is 24.4 Å². The van der Waals surface area contributed by atoms with Crippen molar-refractivity contribution in [1.82, 2.24) is 10.3 Å². The summed E-state index contributed by atoms with van der Waals surface area (Å²) in [5, 5.41) is 11.7. The number of hydrogen-bond donors (Lipinski definition) is 2. The van der Waals surface area contributed by atoms with E-state index in [1.54, 1.807) is 0 Å². The maximum atomic E-state index is 14.6. The molecule has 4 rings (SSSR count). The van der Waals surface area contributed by atoms with Gasteiger partial charge in [0, 0.05) is 24.8 Å². The van der Waals surface area contributed by atoms with E-state index in [9.17, 15) is 18.4 Å². The van der Waals surface area contributed by atoms with Crippen molar-refractivity contribution in [3.8, 4) is 11.1 Å². The Morgan fingerprint density at radius 3 is 2.50 bits per heavy atom. The summed E-state index contributed by atoms with van der Waals surface area (Å²) in [7, 11) is 0. The van der Waals surface area contributed by atoms with Crippen molar-refractivity contribution < 1.29 is 28.2 Å². The quantitative estimate of drug-likeness (QED) is 0.831. The van der Waals surface area contributed by atoms with E-state index in [-0.39, 0.29) is 36.0 Å². The molecule has 2 N–H and O–H groups in total. The number of hydrogen-bond acceptors (Lipinski definition) is 5. The summed E-state index contributed by atoms with van der Waals surface area (Å²) in [5.41, 5.74) is -0.0971. The van der Waals surface area contributed by atoms with Gasteiger partial charge < -0.3 is 15.2 Å². The molecule has 3 amide bonds. The standard InChI is InChI=1S/C18H16F2N4O4/c19-13-5-11(24-8-12(9-25)28-18(24)27)6-14(20)16(13)10-1-2-15(22-7-10)23-4-3-21-17(23)26/h1-2,5-7,12,25H,3-4,8-9H2,(H,21,26). The van der Waals surface area contributed by atoms with Crippen LogP contribution in [0, 0.1) is 11.6 Å². The fraction of sp³-hybridized carbons (Fsp3) is 0.278. The van der Waals surface area contributed by atoms with Gasteiger partial charge in [-0.15, -0.1) is 0 Å². The summed E-state index contributed by atoms with van der Waals surface area (Å²) in [4.78, 5) is 30.1. The number of carbonyl (C=O) groups is 2. The van der Waals surface area contributed by atoms with Gasteiger partial charge in [-0.3, -0.25) is 9.80 Å². The van der Waals surface area contributed by atoms with Crippen LogP contribution in [0.2, 0.25) is 0 Å². The predicted molar refractivity (Wildman–Crippen MR) is 95.0 cm³/mol. The van der Waals surface area contributed by atoms with Crippen LogP contribution in [-0.2, 0) is 4.74 Å². The molecule has 10 heteroatoms. The van der Waals surface area contributed by atoms with Gasteiger partial charge in [0.2, 0.25) is 0 Å². The lowest BCUT2D eigenvalue weighted by Crippen LogP contribution is -2.28. The van der Waals surface area contributed by atoms with E-state index in [0.29, 0.717) is 18.9 Å². The van der Waals surface area contributed by atoms with Crippen LogP contribution in [0.25, 0.3) is 11.1 Å².